The summed E-state index contributed by atoms with van der Waals surface area (Å²) >= 11 is 0. The fraction of sp³-hybridized carbons (Fsp3) is 0.650. The van der Waals surface area contributed by atoms with Crippen LogP contribution in [0.5, 0.6) is 5.75 Å². The second-order valence-electron chi connectivity index (χ2n) is 8.52. The summed E-state index contributed by atoms with van der Waals surface area (Å²) in [4.78, 5) is 17.2. The molecule has 0 saturated carbocycles. The minimum absolute atomic E-state index is 0.224. The van der Waals surface area contributed by atoms with Crippen LogP contribution in [0, 0.1) is 17.3 Å². The number of nitrogens with zero attached hydrogens (tertiary/aromatic N) is 2. The molecule has 1 atom stereocenters. The number of fused-ring (bicyclic) bond motifs is 1. The van der Waals surface area contributed by atoms with Crippen LogP contribution >= 0.6 is 0 Å². The molecular formula is C20H30N2O2. The molecule has 1 fully saturated rings. The molecule has 1 saturated heterocycles. The van der Waals surface area contributed by atoms with Gasteiger partial charge in [-0.1, -0.05) is 27.7 Å². The summed E-state index contributed by atoms with van der Waals surface area (Å²) in [6, 6.07) is 6.10. The molecule has 4 heteroatoms. The average molecular weight is 330 g/mol. The van der Waals surface area contributed by atoms with Crippen LogP contribution in [0.15, 0.2) is 18.2 Å². The number of methoxy groups -OCH3 is 1. The fourth-order valence-electron chi connectivity index (χ4n) is 4.03. The van der Waals surface area contributed by atoms with Crippen LogP contribution in [-0.2, 0) is 11.2 Å². The number of carbonyl (C=O) groups excluding carboxylic acids is 1. The molecule has 1 amide bonds. The van der Waals surface area contributed by atoms with Gasteiger partial charge in [-0.15, -0.1) is 0 Å². The summed E-state index contributed by atoms with van der Waals surface area (Å²) in [5.74, 6) is 2.15. The first-order valence-electron chi connectivity index (χ1n) is 8.99. The Morgan fingerprint density at radius 1 is 1.33 bits per heavy atom. The van der Waals surface area contributed by atoms with Gasteiger partial charge in [-0.05, 0) is 47.4 Å². The van der Waals surface area contributed by atoms with Crippen molar-refractivity contribution in [2.24, 2.45) is 17.3 Å². The van der Waals surface area contributed by atoms with Gasteiger partial charge in [0.15, 0.2) is 0 Å². The number of carbonyl (C=O) groups is 1. The lowest BCUT2D eigenvalue weighted by Gasteiger charge is -2.46. The third kappa shape index (κ3) is 3.44. The van der Waals surface area contributed by atoms with E-state index in [4.69, 9.17) is 4.74 Å². The summed E-state index contributed by atoms with van der Waals surface area (Å²) < 4.78 is 5.37. The Hall–Kier alpha value is -1.55. The highest BCUT2D eigenvalue weighted by atomic mass is 16.5. The standard InChI is InChI=1S/C20H30N2O2/c1-14(2)16-8-15-9-17(24-5)6-7-18(15)22(10-16)19(23)11-21-12-20(3,4)13-21/h6-7,9,14,16H,8,10-13H2,1-5H3. The van der Waals surface area contributed by atoms with Gasteiger partial charge in [0, 0.05) is 25.3 Å². The molecule has 4 nitrogen and oxygen atoms in total. The molecule has 0 spiro atoms. The lowest BCUT2D eigenvalue weighted by atomic mass is 9.83. The van der Waals surface area contributed by atoms with Gasteiger partial charge in [-0.2, -0.15) is 0 Å². The van der Waals surface area contributed by atoms with Crippen molar-refractivity contribution in [1.82, 2.24) is 4.90 Å². The summed E-state index contributed by atoms with van der Waals surface area (Å²) in [5, 5.41) is 0. The Kier molecular flexibility index (Phi) is 4.60. The summed E-state index contributed by atoms with van der Waals surface area (Å²) in [5.41, 5.74) is 2.66. The number of anilines is 1. The van der Waals surface area contributed by atoms with Crippen LogP contribution in [0.3, 0.4) is 0 Å². The van der Waals surface area contributed by atoms with Gasteiger partial charge in [0.05, 0.1) is 13.7 Å². The molecule has 0 N–H and O–H groups in total. The zero-order valence-electron chi connectivity index (χ0n) is 15.6. The lowest BCUT2D eigenvalue weighted by Crippen LogP contribution is -2.56. The third-order valence-electron chi connectivity index (χ3n) is 5.38. The van der Waals surface area contributed by atoms with Crippen molar-refractivity contribution in [3.8, 4) is 5.75 Å². The maximum absolute atomic E-state index is 13.0. The number of hydrogen-bond acceptors (Lipinski definition) is 3. The highest BCUT2D eigenvalue weighted by Gasteiger charge is 2.37. The Morgan fingerprint density at radius 3 is 2.62 bits per heavy atom. The number of likely N-dealkylation sites (tertiary alicyclic amines) is 1. The van der Waals surface area contributed by atoms with E-state index in [0.717, 1.165) is 37.5 Å². The van der Waals surface area contributed by atoms with Gasteiger partial charge >= 0.3 is 0 Å². The summed E-state index contributed by atoms with van der Waals surface area (Å²) in [6.45, 7) is 12.4. The fourth-order valence-corrected chi connectivity index (χ4v) is 4.03. The number of ether oxygens (including phenoxy) is 1. The molecule has 2 aliphatic rings. The predicted octanol–water partition coefficient (Wildman–Crippen LogP) is 3.20. The van der Waals surface area contributed by atoms with Gasteiger partial charge in [-0.3, -0.25) is 9.69 Å². The SMILES string of the molecule is COc1ccc2c(c1)CC(C(C)C)CN2C(=O)CN1CC(C)(C)C1. The van der Waals surface area contributed by atoms with E-state index in [1.165, 1.54) is 5.56 Å². The molecule has 2 aliphatic heterocycles. The van der Waals surface area contributed by atoms with Gasteiger partial charge in [0.2, 0.25) is 5.91 Å². The van der Waals surface area contributed by atoms with Crippen LogP contribution in [0.1, 0.15) is 33.3 Å². The summed E-state index contributed by atoms with van der Waals surface area (Å²) in [7, 11) is 1.69. The molecular weight excluding hydrogens is 300 g/mol. The molecule has 3 rings (SSSR count). The largest absolute Gasteiger partial charge is 0.497 e. The minimum Gasteiger partial charge on any atom is -0.497 e. The Labute approximate surface area is 145 Å². The maximum atomic E-state index is 13.0. The monoisotopic (exact) mass is 330 g/mol. The number of hydrogen-bond donors (Lipinski definition) is 0. The Balaban J connectivity index is 1.80. The van der Waals surface area contributed by atoms with Crippen molar-refractivity contribution < 1.29 is 9.53 Å². The van der Waals surface area contributed by atoms with E-state index in [2.05, 4.69) is 38.7 Å². The molecule has 24 heavy (non-hydrogen) atoms. The van der Waals surface area contributed by atoms with Crippen LogP contribution in [0.4, 0.5) is 5.69 Å². The Bertz CT molecular complexity index is 616. The van der Waals surface area contributed by atoms with Crippen LogP contribution in [-0.4, -0.2) is 44.1 Å². The second kappa shape index (κ2) is 6.40. The van der Waals surface area contributed by atoms with E-state index < -0.39 is 0 Å². The van der Waals surface area contributed by atoms with Crippen molar-refractivity contribution in [1.29, 1.82) is 0 Å². The second-order valence-corrected chi connectivity index (χ2v) is 8.52. The number of amides is 1. The van der Waals surface area contributed by atoms with Crippen LogP contribution < -0.4 is 9.64 Å². The third-order valence-corrected chi connectivity index (χ3v) is 5.38. The topological polar surface area (TPSA) is 32.8 Å². The highest BCUT2D eigenvalue weighted by molar-refractivity contribution is 5.96. The molecule has 0 radical (unpaired) electrons. The van der Waals surface area contributed by atoms with E-state index in [0.29, 0.717) is 23.8 Å². The lowest BCUT2D eigenvalue weighted by molar-refractivity contribution is -0.122. The van der Waals surface area contributed by atoms with Crippen LogP contribution in [0.2, 0.25) is 0 Å². The predicted molar refractivity (Wildman–Crippen MR) is 97.6 cm³/mol. The molecule has 1 unspecified atom stereocenters. The number of rotatable bonds is 4. The molecule has 132 valence electrons. The first kappa shape index (κ1) is 17.3. The normalized spacial score (nSPS) is 22.9. The number of benzene rings is 1. The van der Waals surface area contributed by atoms with E-state index in [-0.39, 0.29) is 5.91 Å². The first-order chi connectivity index (χ1) is 11.3. The molecule has 0 aromatic heterocycles. The van der Waals surface area contributed by atoms with Gasteiger partial charge in [0.25, 0.3) is 0 Å². The van der Waals surface area contributed by atoms with Crippen LogP contribution in [0.25, 0.3) is 0 Å². The first-order valence-corrected chi connectivity index (χ1v) is 8.99. The molecule has 2 heterocycles. The molecule has 0 bridgehead atoms. The quantitative estimate of drug-likeness (QED) is 0.850. The van der Waals surface area contributed by atoms with Gasteiger partial charge in [0.1, 0.15) is 5.75 Å². The van der Waals surface area contributed by atoms with E-state index in [1.807, 2.05) is 17.0 Å². The Morgan fingerprint density at radius 2 is 2.04 bits per heavy atom. The van der Waals surface area contributed by atoms with Crippen molar-refractivity contribution in [2.75, 3.05) is 38.2 Å². The van der Waals surface area contributed by atoms with Crippen molar-refractivity contribution in [3.05, 3.63) is 23.8 Å². The minimum atomic E-state index is 0.224. The molecule has 1 aromatic carbocycles. The smallest absolute Gasteiger partial charge is 0.241 e. The highest BCUT2D eigenvalue weighted by Crippen LogP contribution is 2.36. The van der Waals surface area contributed by atoms with Crippen molar-refractivity contribution in [2.45, 2.75) is 34.1 Å². The summed E-state index contributed by atoms with van der Waals surface area (Å²) in [6.07, 6.45) is 1.02. The molecule has 0 aliphatic carbocycles. The zero-order chi connectivity index (χ0) is 17.5. The average Bonchev–Trinajstić information content (AvgIpc) is 2.51. The van der Waals surface area contributed by atoms with E-state index in [1.54, 1.807) is 7.11 Å². The van der Waals surface area contributed by atoms with Crippen molar-refractivity contribution in [3.63, 3.8) is 0 Å². The molecule has 1 aromatic rings. The van der Waals surface area contributed by atoms with Gasteiger partial charge in [-0.25, -0.2) is 0 Å². The van der Waals surface area contributed by atoms with E-state index in [9.17, 15) is 4.79 Å². The van der Waals surface area contributed by atoms with E-state index >= 15 is 0 Å². The van der Waals surface area contributed by atoms with Crippen molar-refractivity contribution >= 4 is 11.6 Å². The maximum Gasteiger partial charge on any atom is 0.241 e. The zero-order valence-corrected chi connectivity index (χ0v) is 15.6. The van der Waals surface area contributed by atoms with Gasteiger partial charge < -0.3 is 9.64 Å².